The molecular weight excluding hydrogens is 268 g/mol. The molecule has 0 radical (unpaired) electrons. The smallest absolute Gasteiger partial charge is 0.244 e. The molecule has 116 valence electrons. The third kappa shape index (κ3) is 3.25. The highest BCUT2D eigenvalue weighted by atomic mass is 16.2. The van der Waals surface area contributed by atoms with Crippen LogP contribution in [0.2, 0.25) is 0 Å². The number of hydrogen-bond acceptors (Lipinski definition) is 3. The normalized spacial score (nSPS) is 18.2. The Kier molecular flexibility index (Phi) is 4.65. The summed E-state index contributed by atoms with van der Waals surface area (Å²) in [6.07, 6.45) is 7.20. The summed E-state index contributed by atoms with van der Waals surface area (Å²) in [6, 6.07) is 1.42. The van der Waals surface area contributed by atoms with Crippen LogP contribution in [0.5, 0.6) is 0 Å². The van der Waals surface area contributed by atoms with Gasteiger partial charge in [-0.05, 0) is 25.8 Å². The number of carbonyl (C=O) groups is 2. The van der Waals surface area contributed by atoms with Crippen LogP contribution >= 0.6 is 0 Å². The highest BCUT2D eigenvalue weighted by Gasteiger charge is 2.42. The summed E-state index contributed by atoms with van der Waals surface area (Å²) in [5.74, 6) is 0.0172. The van der Waals surface area contributed by atoms with E-state index in [1.165, 1.54) is 0 Å². The minimum Gasteiger partial charge on any atom is -0.353 e. The van der Waals surface area contributed by atoms with E-state index in [0.29, 0.717) is 6.54 Å². The van der Waals surface area contributed by atoms with E-state index in [4.69, 9.17) is 0 Å². The van der Waals surface area contributed by atoms with Crippen LogP contribution in [0.1, 0.15) is 38.6 Å². The molecule has 2 amide bonds. The van der Waals surface area contributed by atoms with Crippen LogP contribution in [0.4, 0.5) is 0 Å². The van der Waals surface area contributed by atoms with Crippen LogP contribution in [0.3, 0.4) is 0 Å². The first-order valence-corrected chi connectivity index (χ1v) is 7.45. The zero-order chi connectivity index (χ0) is 15.5. The second-order valence-corrected chi connectivity index (χ2v) is 6.07. The highest BCUT2D eigenvalue weighted by Crippen LogP contribution is 2.39. The van der Waals surface area contributed by atoms with Gasteiger partial charge in [0, 0.05) is 33.0 Å². The van der Waals surface area contributed by atoms with Crippen LogP contribution in [-0.4, -0.2) is 47.1 Å². The molecule has 1 aromatic heterocycles. The van der Waals surface area contributed by atoms with Crippen LogP contribution in [-0.2, 0) is 9.59 Å². The first-order valence-electron chi connectivity index (χ1n) is 7.45. The Labute approximate surface area is 125 Å². The fourth-order valence-electron chi connectivity index (χ4n) is 3.03. The molecule has 1 atom stereocenters. The molecule has 1 aliphatic rings. The third-order valence-electron chi connectivity index (χ3n) is 4.32. The van der Waals surface area contributed by atoms with E-state index in [-0.39, 0.29) is 17.9 Å². The summed E-state index contributed by atoms with van der Waals surface area (Å²) in [5, 5.41) is 7.02. The van der Waals surface area contributed by atoms with Crippen molar-refractivity contribution in [1.82, 2.24) is 20.0 Å². The van der Waals surface area contributed by atoms with Crippen molar-refractivity contribution >= 4 is 11.8 Å². The monoisotopic (exact) mass is 292 g/mol. The first kappa shape index (κ1) is 15.5. The molecule has 1 fully saturated rings. The van der Waals surface area contributed by atoms with Gasteiger partial charge in [0.25, 0.3) is 0 Å². The van der Waals surface area contributed by atoms with E-state index >= 15 is 0 Å². The van der Waals surface area contributed by atoms with Gasteiger partial charge >= 0.3 is 0 Å². The van der Waals surface area contributed by atoms with Crippen molar-refractivity contribution in [3.05, 3.63) is 18.5 Å². The number of nitrogens with one attached hydrogen (secondary N) is 1. The molecule has 21 heavy (non-hydrogen) atoms. The standard InChI is InChI=1S/C15H24N4O2/c1-12(19-10-6-9-17-19)13(20)16-11-15(7-4-5-8-15)14(21)18(2)3/h6,9-10,12H,4-5,7-8,11H2,1-3H3,(H,16,20)/t12-/m0/s1. The molecule has 0 unspecified atom stereocenters. The number of aromatic nitrogens is 2. The van der Waals surface area contributed by atoms with Gasteiger partial charge in [0.2, 0.25) is 11.8 Å². The zero-order valence-electron chi connectivity index (χ0n) is 13.0. The largest absolute Gasteiger partial charge is 0.353 e. The van der Waals surface area contributed by atoms with E-state index in [1.54, 1.807) is 49.1 Å². The average molecular weight is 292 g/mol. The fraction of sp³-hybridized carbons (Fsp3) is 0.667. The Balaban J connectivity index is 1.99. The van der Waals surface area contributed by atoms with Gasteiger partial charge < -0.3 is 10.2 Å². The summed E-state index contributed by atoms with van der Waals surface area (Å²) in [5.41, 5.74) is -0.428. The highest BCUT2D eigenvalue weighted by molar-refractivity contribution is 5.85. The number of amides is 2. The molecule has 1 aliphatic carbocycles. The van der Waals surface area contributed by atoms with Crippen LogP contribution in [0, 0.1) is 5.41 Å². The maximum absolute atomic E-state index is 12.4. The Morgan fingerprint density at radius 1 is 1.38 bits per heavy atom. The Hall–Kier alpha value is -1.85. The van der Waals surface area contributed by atoms with Crippen molar-refractivity contribution in [3.63, 3.8) is 0 Å². The van der Waals surface area contributed by atoms with Gasteiger partial charge in [-0.1, -0.05) is 12.8 Å². The molecule has 0 aromatic carbocycles. The second kappa shape index (κ2) is 6.28. The predicted molar refractivity (Wildman–Crippen MR) is 79.5 cm³/mol. The van der Waals surface area contributed by atoms with E-state index in [2.05, 4.69) is 10.4 Å². The molecule has 2 rings (SSSR count). The molecule has 6 heteroatoms. The lowest BCUT2D eigenvalue weighted by molar-refractivity contribution is -0.139. The Bertz CT molecular complexity index is 490. The van der Waals surface area contributed by atoms with Gasteiger partial charge in [-0.3, -0.25) is 14.3 Å². The molecule has 6 nitrogen and oxygen atoms in total. The summed E-state index contributed by atoms with van der Waals surface area (Å²) in [4.78, 5) is 26.3. The molecule has 0 aliphatic heterocycles. The van der Waals surface area contributed by atoms with Gasteiger partial charge in [0.05, 0.1) is 5.41 Å². The third-order valence-corrected chi connectivity index (χ3v) is 4.32. The van der Waals surface area contributed by atoms with E-state index in [1.807, 2.05) is 0 Å². The fourth-order valence-corrected chi connectivity index (χ4v) is 3.03. The Morgan fingerprint density at radius 2 is 2.05 bits per heavy atom. The maximum Gasteiger partial charge on any atom is 0.244 e. The molecule has 0 bridgehead atoms. The maximum atomic E-state index is 12.4. The van der Waals surface area contributed by atoms with Gasteiger partial charge in [-0.25, -0.2) is 0 Å². The minimum atomic E-state index is -0.428. The van der Waals surface area contributed by atoms with Crippen LogP contribution in [0.15, 0.2) is 18.5 Å². The summed E-state index contributed by atoms with van der Waals surface area (Å²) < 4.78 is 1.62. The lowest BCUT2D eigenvalue weighted by atomic mass is 9.84. The van der Waals surface area contributed by atoms with Gasteiger partial charge in [0.1, 0.15) is 6.04 Å². The molecule has 1 heterocycles. The van der Waals surface area contributed by atoms with Crippen LogP contribution < -0.4 is 5.32 Å². The lowest BCUT2D eigenvalue weighted by Gasteiger charge is -2.31. The zero-order valence-corrected chi connectivity index (χ0v) is 13.0. The molecule has 0 spiro atoms. The van der Waals surface area contributed by atoms with Crippen molar-refractivity contribution in [1.29, 1.82) is 0 Å². The number of nitrogens with zero attached hydrogens (tertiary/aromatic N) is 3. The molecule has 1 N–H and O–H groups in total. The van der Waals surface area contributed by atoms with Crippen molar-refractivity contribution in [2.75, 3.05) is 20.6 Å². The van der Waals surface area contributed by atoms with Crippen molar-refractivity contribution in [2.45, 2.75) is 38.6 Å². The molecular formula is C15H24N4O2. The van der Waals surface area contributed by atoms with Gasteiger partial charge in [-0.2, -0.15) is 5.10 Å². The van der Waals surface area contributed by atoms with Crippen molar-refractivity contribution in [3.8, 4) is 0 Å². The SMILES string of the molecule is C[C@@H](C(=O)NCC1(C(=O)N(C)C)CCCC1)n1cccn1. The van der Waals surface area contributed by atoms with Gasteiger partial charge in [0.15, 0.2) is 0 Å². The van der Waals surface area contributed by atoms with E-state index in [9.17, 15) is 9.59 Å². The van der Waals surface area contributed by atoms with E-state index in [0.717, 1.165) is 25.7 Å². The van der Waals surface area contributed by atoms with Crippen LogP contribution in [0.25, 0.3) is 0 Å². The average Bonchev–Trinajstić information content (AvgIpc) is 3.14. The summed E-state index contributed by atoms with van der Waals surface area (Å²) in [7, 11) is 3.55. The van der Waals surface area contributed by atoms with Gasteiger partial charge in [-0.15, -0.1) is 0 Å². The summed E-state index contributed by atoms with van der Waals surface area (Å²) >= 11 is 0. The van der Waals surface area contributed by atoms with Crippen molar-refractivity contribution in [2.24, 2.45) is 5.41 Å². The number of carbonyl (C=O) groups excluding carboxylic acids is 2. The number of hydrogen-bond donors (Lipinski definition) is 1. The molecule has 1 saturated carbocycles. The lowest BCUT2D eigenvalue weighted by Crippen LogP contribution is -2.47. The molecule has 1 aromatic rings. The Morgan fingerprint density at radius 3 is 2.57 bits per heavy atom. The number of rotatable bonds is 5. The molecule has 0 saturated heterocycles. The topological polar surface area (TPSA) is 67.2 Å². The minimum absolute atomic E-state index is 0.100. The predicted octanol–water partition coefficient (Wildman–Crippen LogP) is 1.21. The first-order chi connectivity index (χ1) is 9.96. The second-order valence-electron chi connectivity index (χ2n) is 6.07. The van der Waals surface area contributed by atoms with Crippen molar-refractivity contribution < 1.29 is 9.59 Å². The summed E-state index contributed by atoms with van der Waals surface area (Å²) in [6.45, 7) is 2.21. The quantitative estimate of drug-likeness (QED) is 0.887. The van der Waals surface area contributed by atoms with E-state index < -0.39 is 5.41 Å².